The van der Waals surface area contributed by atoms with E-state index in [1.165, 1.54) is 0 Å². The van der Waals surface area contributed by atoms with E-state index < -0.39 is 0 Å². The lowest BCUT2D eigenvalue weighted by molar-refractivity contribution is -0.117. The maximum atomic E-state index is 12.4. The van der Waals surface area contributed by atoms with Crippen LogP contribution in [-0.4, -0.2) is 11.9 Å². The Labute approximate surface area is 192 Å². The molecule has 0 radical (unpaired) electrons. The number of amides is 1. The van der Waals surface area contributed by atoms with Gasteiger partial charge in [-0.15, -0.1) is 0 Å². The Balaban J connectivity index is 1.73. The van der Waals surface area contributed by atoms with Gasteiger partial charge in [0.15, 0.2) is 0 Å². The van der Waals surface area contributed by atoms with Crippen LogP contribution in [0.1, 0.15) is 36.8 Å². The number of rotatable bonds is 6. The van der Waals surface area contributed by atoms with Gasteiger partial charge in [0.05, 0.1) is 7.14 Å². The zero-order valence-corrected chi connectivity index (χ0v) is 19.6. The minimum Gasteiger partial charge on any atom is -0.487 e. The van der Waals surface area contributed by atoms with Crippen LogP contribution in [0, 0.1) is 18.5 Å². The summed E-state index contributed by atoms with van der Waals surface area (Å²) in [5.74, 6) is 0.528. The summed E-state index contributed by atoms with van der Waals surface area (Å²) in [7, 11) is 0. The first-order valence-corrected chi connectivity index (χ1v) is 11.3. The lowest BCUT2D eigenvalue weighted by Gasteiger charge is -2.13. The topological polar surface area (TPSA) is 62.1 Å². The van der Waals surface area contributed by atoms with Gasteiger partial charge in [0.25, 0.3) is 5.91 Å². The number of nitriles is 1. The van der Waals surface area contributed by atoms with Gasteiger partial charge in [0, 0.05) is 6.04 Å². The Morgan fingerprint density at radius 2 is 1.82 bits per heavy atom. The number of ether oxygens (including phenoxy) is 1. The predicted octanol–water partition coefficient (Wildman–Crippen LogP) is 5.44. The zero-order chi connectivity index (χ0) is 19.9. The highest BCUT2D eigenvalue weighted by Crippen LogP contribution is 2.30. The Morgan fingerprint density at radius 1 is 1.18 bits per heavy atom. The van der Waals surface area contributed by atoms with Crippen molar-refractivity contribution in [2.24, 2.45) is 0 Å². The highest BCUT2D eigenvalue weighted by atomic mass is 127. The first kappa shape index (κ1) is 21.1. The molecule has 3 rings (SSSR count). The molecule has 4 nitrogen and oxygen atoms in total. The van der Waals surface area contributed by atoms with Gasteiger partial charge in [-0.3, -0.25) is 4.79 Å². The first-order valence-electron chi connectivity index (χ1n) is 9.15. The van der Waals surface area contributed by atoms with Gasteiger partial charge >= 0.3 is 0 Å². The van der Waals surface area contributed by atoms with Crippen molar-refractivity contribution in [1.29, 1.82) is 5.26 Å². The number of hydrogen-bond acceptors (Lipinski definition) is 3. The van der Waals surface area contributed by atoms with Crippen LogP contribution in [0.2, 0.25) is 0 Å². The van der Waals surface area contributed by atoms with Crippen LogP contribution in [0.15, 0.2) is 48.0 Å². The fourth-order valence-corrected chi connectivity index (χ4v) is 5.31. The molecule has 0 aliphatic heterocycles. The molecule has 0 unspecified atom stereocenters. The molecular weight excluding hydrogens is 578 g/mol. The summed E-state index contributed by atoms with van der Waals surface area (Å²) in [5.41, 5.74) is 2.06. The number of halogens is 2. The van der Waals surface area contributed by atoms with Crippen LogP contribution in [0.25, 0.3) is 6.08 Å². The molecule has 1 aliphatic rings. The maximum Gasteiger partial charge on any atom is 0.262 e. The molecule has 0 aromatic heterocycles. The van der Waals surface area contributed by atoms with E-state index in [1.807, 2.05) is 48.5 Å². The van der Waals surface area contributed by atoms with Crippen molar-refractivity contribution in [3.8, 4) is 11.8 Å². The molecule has 1 fully saturated rings. The zero-order valence-electron chi connectivity index (χ0n) is 15.3. The monoisotopic (exact) mass is 598 g/mol. The molecule has 6 heteroatoms. The van der Waals surface area contributed by atoms with Gasteiger partial charge in [-0.05, 0) is 87.4 Å². The third kappa shape index (κ3) is 5.70. The van der Waals surface area contributed by atoms with E-state index in [1.54, 1.807) is 6.08 Å². The summed E-state index contributed by atoms with van der Waals surface area (Å²) >= 11 is 4.46. The summed E-state index contributed by atoms with van der Waals surface area (Å²) < 4.78 is 7.89. The Kier molecular flexibility index (Phi) is 7.73. The van der Waals surface area contributed by atoms with Crippen LogP contribution in [0.3, 0.4) is 0 Å². The van der Waals surface area contributed by atoms with Crippen molar-refractivity contribution in [1.82, 2.24) is 5.32 Å². The minimum atomic E-state index is -0.288. The lowest BCUT2D eigenvalue weighted by atomic mass is 10.1. The Morgan fingerprint density at radius 3 is 2.43 bits per heavy atom. The van der Waals surface area contributed by atoms with E-state index in [0.717, 1.165) is 49.7 Å². The van der Waals surface area contributed by atoms with Crippen LogP contribution >= 0.6 is 45.2 Å². The number of nitrogens with one attached hydrogen (secondary N) is 1. The summed E-state index contributed by atoms with van der Waals surface area (Å²) in [6.45, 7) is 0.495. The fourth-order valence-electron chi connectivity index (χ4n) is 3.18. The first-order chi connectivity index (χ1) is 13.6. The standard InChI is InChI=1S/C22H20I2N2O2/c23-19-11-16(10-17(13-25)22(27)26-18-8-4-5-9-18)12-20(24)21(19)28-14-15-6-2-1-3-7-15/h1-3,6-7,10-12,18H,4-5,8-9,14H2,(H,26,27)/b17-10-. The third-order valence-corrected chi connectivity index (χ3v) is 6.22. The van der Waals surface area contributed by atoms with Crippen LogP contribution < -0.4 is 10.1 Å². The molecule has 144 valence electrons. The van der Waals surface area contributed by atoms with Crippen molar-refractivity contribution >= 4 is 57.2 Å². The van der Waals surface area contributed by atoms with Crippen molar-refractivity contribution < 1.29 is 9.53 Å². The van der Waals surface area contributed by atoms with Crippen LogP contribution in [-0.2, 0) is 11.4 Å². The van der Waals surface area contributed by atoms with Gasteiger partial charge < -0.3 is 10.1 Å². The summed E-state index contributed by atoms with van der Waals surface area (Å²) in [6.07, 6.45) is 5.91. The molecule has 2 aromatic carbocycles. The van der Waals surface area contributed by atoms with Gasteiger partial charge in [-0.1, -0.05) is 43.2 Å². The normalized spacial score (nSPS) is 14.5. The summed E-state index contributed by atoms with van der Waals surface area (Å²) in [5, 5.41) is 12.4. The Hall–Kier alpha value is -1.60. The number of benzene rings is 2. The maximum absolute atomic E-state index is 12.4. The molecule has 0 atom stereocenters. The molecular formula is C22H20I2N2O2. The second-order valence-electron chi connectivity index (χ2n) is 6.71. The number of hydrogen-bond donors (Lipinski definition) is 1. The summed E-state index contributed by atoms with van der Waals surface area (Å²) in [4.78, 5) is 12.4. The SMILES string of the molecule is N#C/C(=C/c1cc(I)c(OCc2ccccc2)c(I)c1)C(=O)NC1CCCC1. The largest absolute Gasteiger partial charge is 0.487 e. The van der Waals surface area contributed by atoms with Gasteiger partial charge in [0.1, 0.15) is 24.0 Å². The van der Waals surface area contributed by atoms with Crippen molar-refractivity contribution in [3.63, 3.8) is 0 Å². The van der Waals surface area contributed by atoms with Gasteiger partial charge in [-0.25, -0.2) is 0 Å². The van der Waals surface area contributed by atoms with Crippen molar-refractivity contribution in [2.75, 3.05) is 0 Å². The second-order valence-corrected chi connectivity index (χ2v) is 9.04. The molecule has 2 aromatic rings. The minimum absolute atomic E-state index is 0.136. The van der Waals surface area contributed by atoms with Gasteiger partial charge in [0.2, 0.25) is 0 Å². The third-order valence-electron chi connectivity index (χ3n) is 4.61. The molecule has 1 amide bonds. The molecule has 0 bridgehead atoms. The molecule has 1 saturated carbocycles. The van der Waals surface area contributed by atoms with E-state index in [0.29, 0.717) is 6.61 Å². The highest BCUT2D eigenvalue weighted by Gasteiger charge is 2.19. The quantitative estimate of drug-likeness (QED) is 0.274. The van der Waals surface area contributed by atoms with E-state index in [2.05, 4.69) is 50.5 Å². The average Bonchev–Trinajstić information content (AvgIpc) is 3.19. The second kappa shape index (κ2) is 10.3. The van der Waals surface area contributed by atoms with E-state index >= 15 is 0 Å². The van der Waals surface area contributed by atoms with E-state index in [-0.39, 0.29) is 17.5 Å². The van der Waals surface area contributed by atoms with Crippen LogP contribution in [0.5, 0.6) is 5.75 Å². The Bertz CT molecular complexity index is 891. The van der Waals surface area contributed by atoms with Gasteiger partial charge in [-0.2, -0.15) is 5.26 Å². The predicted molar refractivity (Wildman–Crippen MR) is 127 cm³/mol. The molecule has 0 heterocycles. The molecule has 0 saturated heterocycles. The molecule has 0 spiro atoms. The van der Waals surface area contributed by atoms with Crippen molar-refractivity contribution in [2.45, 2.75) is 38.3 Å². The van der Waals surface area contributed by atoms with E-state index in [4.69, 9.17) is 4.74 Å². The molecule has 1 N–H and O–H groups in total. The van der Waals surface area contributed by atoms with E-state index in [9.17, 15) is 10.1 Å². The number of nitrogens with zero attached hydrogens (tertiary/aromatic N) is 1. The molecule has 1 aliphatic carbocycles. The fraction of sp³-hybridized carbons (Fsp3) is 0.273. The number of carbonyl (C=O) groups is 1. The number of carbonyl (C=O) groups excluding carboxylic acids is 1. The lowest BCUT2D eigenvalue weighted by Crippen LogP contribution is -2.33. The van der Waals surface area contributed by atoms with Crippen molar-refractivity contribution in [3.05, 3.63) is 66.3 Å². The average molecular weight is 598 g/mol. The summed E-state index contributed by atoms with van der Waals surface area (Å²) in [6, 6.07) is 16.1. The highest BCUT2D eigenvalue weighted by molar-refractivity contribution is 14.1. The smallest absolute Gasteiger partial charge is 0.262 e. The van der Waals surface area contributed by atoms with Crippen LogP contribution in [0.4, 0.5) is 0 Å². The molecule has 28 heavy (non-hydrogen) atoms.